The van der Waals surface area contributed by atoms with E-state index in [4.69, 9.17) is 9.26 Å². The third kappa shape index (κ3) is 4.99. The maximum Gasteiger partial charge on any atom is 0.260 e. The highest BCUT2D eigenvalue weighted by molar-refractivity contribution is 5.77. The molecule has 4 rings (SSSR count). The van der Waals surface area contributed by atoms with Gasteiger partial charge in [0.25, 0.3) is 11.8 Å². The fraction of sp³-hybridized carbons (Fsp3) is 0.318. The predicted octanol–water partition coefficient (Wildman–Crippen LogP) is 3.74. The summed E-state index contributed by atoms with van der Waals surface area (Å²) in [7, 11) is 0. The number of carbonyl (C=O) groups excluding carboxylic acids is 1. The van der Waals surface area contributed by atoms with Gasteiger partial charge >= 0.3 is 0 Å². The molecule has 1 aromatic heterocycles. The summed E-state index contributed by atoms with van der Waals surface area (Å²) in [5.41, 5.74) is 0.893. The molecule has 3 aromatic rings. The van der Waals surface area contributed by atoms with Gasteiger partial charge in [0, 0.05) is 25.1 Å². The first-order valence-corrected chi connectivity index (χ1v) is 9.71. The van der Waals surface area contributed by atoms with E-state index >= 15 is 0 Å². The number of hydrogen-bond acceptors (Lipinski definition) is 5. The summed E-state index contributed by atoms with van der Waals surface area (Å²) >= 11 is 0. The van der Waals surface area contributed by atoms with Crippen molar-refractivity contribution in [3.63, 3.8) is 0 Å². The molecule has 150 valence electrons. The Bertz CT molecular complexity index is 943. The number of benzene rings is 2. The van der Waals surface area contributed by atoms with Crippen LogP contribution in [0.15, 0.2) is 59.1 Å². The number of hydrogen-bond donors (Lipinski definition) is 0. The van der Waals surface area contributed by atoms with E-state index in [1.54, 1.807) is 0 Å². The summed E-state index contributed by atoms with van der Waals surface area (Å²) in [6.07, 6.45) is 2.60. The Balaban J connectivity index is 1.30. The Kier molecular flexibility index (Phi) is 5.84. The van der Waals surface area contributed by atoms with Crippen LogP contribution in [0, 0.1) is 11.7 Å². The second-order valence-corrected chi connectivity index (χ2v) is 7.18. The Morgan fingerprint density at radius 2 is 1.97 bits per heavy atom. The lowest BCUT2D eigenvalue weighted by Crippen LogP contribution is -2.42. The maximum atomic E-state index is 12.9. The average molecular weight is 395 g/mol. The molecule has 0 aliphatic carbocycles. The van der Waals surface area contributed by atoms with Crippen LogP contribution < -0.4 is 4.74 Å². The molecule has 2 aromatic carbocycles. The molecular weight excluding hydrogens is 373 g/mol. The van der Waals surface area contributed by atoms with E-state index in [2.05, 4.69) is 10.1 Å². The first-order valence-electron chi connectivity index (χ1n) is 9.71. The van der Waals surface area contributed by atoms with Gasteiger partial charge in [-0.1, -0.05) is 23.4 Å². The lowest BCUT2D eigenvalue weighted by molar-refractivity contribution is -0.135. The quantitative estimate of drug-likeness (QED) is 0.636. The number of aromatic nitrogens is 2. The Morgan fingerprint density at radius 3 is 2.76 bits per heavy atom. The van der Waals surface area contributed by atoms with Crippen LogP contribution in [0.5, 0.6) is 5.75 Å². The second-order valence-electron chi connectivity index (χ2n) is 7.18. The Morgan fingerprint density at radius 1 is 1.17 bits per heavy atom. The van der Waals surface area contributed by atoms with Crippen molar-refractivity contribution in [3.8, 4) is 17.2 Å². The zero-order chi connectivity index (χ0) is 20.1. The van der Waals surface area contributed by atoms with Crippen molar-refractivity contribution in [3.05, 3.63) is 66.2 Å². The van der Waals surface area contributed by atoms with E-state index in [0.717, 1.165) is 18.4 Å². The highest BCUT2D eigenvalue weighted by Gasteiger charge is 2.25. The minimum Gasteiger partial charge on any atom is -0.484 e. The van der Waals surface area contributed by atoms with E-state index < -0.39 is 0 Å². The van der Waals surface area contributed by atoms with Crippen LogP contribution in [-0.2, 0) is 11.2 Å². The topological polar surface area (TPSA) is 68.5 Å². The van der Waals surface area contributed by atoms with E-state index in [1.165, 1.54) is 24.3 Å². The second kappa shape index (κ2) is 8.86. The Labute approximate surface area is 168 Å². The van der Waals surface area contributed by atoms with Crippen molar-refractivity contribution in [1.29, 1.82) is 0 Å². The molecule has 0 N–H and O–H groups in total. The van der Waals surface area contributed by atoms with Gasteiger partial charge in [-0.2, -0.15) is 4.98 Å². The number of rotatable bonds is 6. The van der Waals surface area contributed by atoms with Gasteiger partial charge in [-0.15, -0.1) is 0 Å². The normalized spacial score (nSPS) is 16.6. The van der Waals surface area contributed by atoms with Crippen LogP contribution in [-0.4, -0.2) is 40.6 Å². The third-order valence-electron chi connectivity index (χ3n) is 5.01. The summed E-state index contributed by atoms with van der Waals surface area (Å²) in [4.78, 5) is 18.8. The summed E-state index contributed by atoms with van der Waals surface area (Å²) in [5.74, 6) is 1.52. The van der Waals surface area contributed by atoms with Gasteiger partial charge in [0.15, 0.2) is 12.4 Å². The highest BCUT2D eigenvalue weighted by atomic mass is 19.1. The average Bonchev–Trinajstić information content (AvgIpc) is 3.22. The van der Waals surface area contributed by atoms with E-state index in [1.807, 2.05) is 35.2 Å². The number of amides is 1. The number of halogens is 1. The summed E-state index contributed by atoms with van der Waals surface area (Å²) in [5, 5.41) is 4.09. The van der Waals surface area contributed by atoms with Crippen molar-refractivity contribution in [2.24, 2.45) is 5.92 Å². The molecule has 0 radical (unpaired) electrons. The van der Waals surface area contributed by atoms with E-state index in [-0.39, 0.29) is 24.2 Å². The zero-order valence-corrected chi connectivity index (χ0v) is 16.0. The molecule has 1 aliphatic rings. The predicted molar refractivity (Wildman–Crippen MR) is 105 cm³/mol. The van der Waals surface area contributed by atoms with Gasteiger partial charge in [-0.05, 0) is 55.2 Å². The molecule has 0 spiro atoms. The molecule has 1 unspecified atom stereocenters. The molecule has 1 saturated heterocycles. The molecule has 7 heteroatoms. The minimum atomic E-state index is -0.334. The Hall–Kier alpha value is -3.22. The maximum absolute atomic E-state index is 12.9. The molecule has 1 atom stereocenters. The summed E-state index contributed by atoms with van der Waals surface area (Å²) in [6.45, 7) is 1.29. The molecule has 2 heterocycles. The van der Waals surface area contributed by atoms with Crippen LogP contribution in [0.4, 0.5) is 4.39 Å². The van der Waals surface area contributed by atoms with Crippen LogP contribution in [0.3, 0.4) is 0 Å². The van der Waals surface area contributed by atoms with Crippen LogP contribution in [0.25, 0.3) is 11.5 Å². The number of piperidine rings is 1. The number of nitrogens with zero attached hydrogens (tertiary/aromatic N) is 3. The molecule has 1 aliphatic heterocycles. The molecular formula is C22H22FN3O3. The highest BCUT2D eigenvalue weighted by Crippen LogP contribution is 2.22. The standard InChI is InChI=1S/C22H22FN3O3/c23-18-8-10-19(11-9-18)28-15-21(27)26-12-4-5-16(14-26)13-20-24-22(29-25-20)17-6-2-1-3-7-17/h1-3,6-11,16H,4-5,12-15H2. The van der Waals surface area contributed by atoms with E-state index in [0.29, 0.717) is 37.0 Å². The fourth-order valence-electron chi connectivity index (χ4n) is 3.52. The van der Waals surface area contributed by atoms with Gasteiger partial charge in [0.1, 0.15) is 11.6 Å². The van der Waals surface area contributed by atoms with Crippen molar-refractivity contribution < 1.29 is 18.4 Å². The molecule has 1 amide bonds. The van der Waals surface area contributed by atoms with Crippen LogP contribution in [0.1, 0.15) is 18.7 Å². The third-order valence-corrected chi connectivity index (χ3v) is 5.01. The first kappa shape index (κ1) is 19.1. The van der Waals surface area contributed by atoms with Crippen molar-refractivity contribution in [2.75, 3.05) is 19.7 Å². The molecule has 6 nitrogen and oxygen atoms in total. The van der Waals surface area contributed by atoms with Crippen LogP contribution >= 0.6 is 0 Å². The molecule has 29 heavy (non-hydrogen) atoms. The van der Waals surface area contributed by atoms with Crippen molar-refractivity contribution in [1.82, 2.24) is 15.0 Å². The van der Waals surface area contributed by atoms with Crippen LogP contribution in [0.2, 0.25) is 0 Å². The number of carbonyl (C=O) groups is 1. The van der Waals surface area contributed by atoms with Gasteiger partial charge in [-0.25, -0.2) is 4.39 Å². The zero-order valence-electron chi connectivity index (χ0n) is 16.0. The SMILES string of the molecule is O=C(COc1ccc(F)cc1)N1CCCC(Cc2noc(-c3ccccc3)n2)C1. The smallest absolute Gasteiger partial charge is 0.260 e. The molecule has 0 saturated carbocycles. The van der Waals surface area contributed by atoms with Gasteiger partial charge in [0.2, 0.25) is 0 Å². The number of likely N-dealkylation sites (tertiary alicyclic amines) is 1. The molecule has 0 bridgehead atoms. The first-order chi connectivity index (χ1) is 14.2. The monoisotopic (exact) mass is 395 g/mol. The lowest BCUT2D eigenvalue weighted by atomic mass is 9.94. The van der Waals surface area contributed by atoms with Gasteiger partial charge < -0.3 is 14.2 Å². The van der Waals surface area contributed by atoms with Gasteiger partial charge in [-0.3, -0.25) is 4.79 Å². The summed E-state index contributed by atoms with van der Waals surface area (Å²) < 4.78 is 23.8. The lowest BCUT2D eigenvalue weighted by Gasteiger charge is -2.32. The fourth-order valence-corrected chi connectivity index (χ4v) is 3.52. The van der Waals surface area contributed by atoms with Crippen molar-refractivity contribution >= 4 is 5.91 Å². The molecule has 1 fully saturated rings. The minimum absolute atomic E-state index is 0.0568. The van der Waals surface area contributed by atoms with Gasteiger partial charge in [0.05, 0.1) is 0 Å². The van der Waals surface area contributed by atoms with E-state index in [9.17, 15) is 9.18 Å². The van der Waals surface area contributed by atoms with Crippen molar-refractivity contribution in [2.45, 2.75) is 19.3 Å². The number of ether oxygens (including phenoxy) is 1. The summed E-state index contributed by atoms with van der Waals surface area (Å²) in [6, 6.07) is 15.3. The largest absolute Gasteiger partial charge is 0.484 e.